The lowest BCUT2D eigenvalue weighted by Gasteiger charge is -2.44. The quantitative estimate of drug-likeness (QED) is 0.613. The molecule has 0 saturated carbocycles. The Labute approximate surface area is 187 Å². The number of amides is 1. The molecule has 31 heavy (non-hydrogen) atoms. The summed E-state index contributed by atoms with van der Waals surface area (Å²) in [4.78, 5) is 27.1. The predicted molar refractivity (Wildman–Crippen MR) is 117 cm³/mol. The number of piperidine rings is 1. The molecule has 0 aromatic heterocycles. The topological polar surface area (TPSA) is 65.1 Å². The van der Waals surface area contributed by atoms with Crippen LogP contribution in [0.2, 0.25) is 5.02 Å². The van der Waals surface area contributed by atoms with Gasteiger partial charge in [0.15, 0.2) is 5.78 Å². The van der Waals surface area contributed by atoms with Crippen molar-refractivity contribution in [3.05, 3.63) is 53.1 Å². The van der Waals surface area contributed by atoms with Gasteiger partial charge in [0, 0.05) is 43.4 Å². The van der Waals surface area contributed by atoms with Gasteiger partial charge in [-0.1, -0.05) is 11.6 Å². The van der Waals surface area contributed by atoms with Gasteiger partial charge in [-0.15, -0.1) is 0 Å². The van der Waals surface area contributed by atoms with Crippen LogP contribution in [0.5, 0.6) is 17.2 Å². The van der Waals surface area contributed by atoms with Crippen molar-refractivity contribution in [2.45, 2.75) is 37.7 Å². The Morgan fingerprint density at radius 3 is 2.55 bits per heavy atom. The smallest absolute Gasteiger partial charge is 0.222 e. The Morgan fingerprint density at radius 2 is 1.84 bits per heavy atom. The van der Waals surface area contributed by atoms with Crippen molar-refractivity contribution in [2.75, 3.05) is 26.8 Å². The third-order valence-corrected chi connectivity index (χ3v) is 6.20. The summed E-state index contributed by atoms with van der Waals surface area (Å²) in [5.41, 5.74) is 0.0656. The molecule has 0 radical (unpaired) electrons. The molecule has 1 spiro atoms. The van der Waals surface area contributed by atoms with E-state index in [9.17, 15) is 9.59 Å². The van der Waals surface area contributed by atoms with Gasteiger partial charge >= 0.3 is 0 Å². The van der Waals surface area contributed by atoms with E-state index in [-0.39, 0.29) is 11.7 Å². The van der Waals surface area contributed by atoms with Crippen LogP contribution in [0.4, 0.5) is 0 Å². The molecule has 0 unspecified atom stereocenters. The summed E-state index contributed by atoms with van der Waals surface area (Å²) in [6.45, 7) is 1.65. The number of halogens is 1. The molecule has 0 aliphatic carbocycles. The molecular formula is C24H26ClNO5. The molecule has 2 aromatic rings. The van der Waals surface area contributed by atoms with Crippen molar-refractivity contribution in [3.63, 3.8) is 0 Å². The normalized spacial score (nSPS) is 17.1. The summed E-state index contributed by atoms with van der Waals surface area (Å²) in [7, 11) is 1.59. The van der Waals surface area contributed by atoms with Crippen LogP contribution in [0.15, 0.2) is 42.5 Å². The minimum absolute atomic E-state index is 0.0861. The van der Waals surface area contributed by atoms with E-state index in [0.717, 1.165) is 5.75 Å². The average Bonchev–Trinajstić information content (AvgIpc) is 2.77. The van der Waals surface area contributed by atoms with Crippen molar-refractivity contribution in [2.24, 2.45) is 0 Å². The molecule has 4 rings (SSSR count). The largest absolute Gasteiger partial charge is 0.497 e. The van der Waals surface area contributed by atoms with Crippen molar-refractivity contribution < 1.29 is 23.8 Å². The molecule has 2 aromatic carbocycles. The molecule has 164 valence electrons. The maximum Gasteiger partial charge on any atom is 0.222 e. The van der Waals surface area contributed by atoms with E-state index in [1.54, 1.807) is 37.4 Å². The van der Waals surface area contributed by atoms with Crippen LogP contribution in [0.1, 0.15) is 42.5 Å². The maximum atomic E-state index is 12.7. The Morgan fingerprint density at radius 1 is 1.13 bits per heavy atom. The van der Waals surface area contributed by atoms with Gasteiger partial charge in [-0.25, -0.2) is 0 Å². The van der Waals surface area contributed by atoms with Crippen molar-refractivity contribution in [3.8, 4) is 17.2 Å². The summed E-state index contributed by atoms with van der Waals surface area (Å²) in [6.07, 6.45) is 2.71. The van der Waals surface area contributed by atoms with E-state index >= 15 is 0 Å². The first-order valence-electron chi connectivity index (χ1n) is 10.5. The molecule has 1 amide bonds. The fourth-order valence-corrected chi connectivity index (χ4v) is 4.27. The number of hydrogen-bond acceptors (Lipinski definition) is 5. The molecule has 6 nitrogen and oxygen atoms in total. The number of ketones is 1. The number of benzene rings is 2. The van der Waals surface area contributed by atoms with Gasteiger partial charge in [0.25, 0.3) is 0 Å². The molecule has 2 aliphatic rings. The van der Waals surface area contributed by atoms with Gasteiger partial charge in [0.1, 0.15) is 22.8 Å². The summed E-state index contributed by atoms with van der Waals surface area (Å²) in [5.74, 6) is 2.18. The maximum absolute atomic E-state index is 12.7. The lowest BCUT2D eigenvalue weighted by molar-refractivity contribution is -0.135. The molecule has 7 heteroatoms. The Kier molecular flexibility index (Phi) is 6.37. The second-order valence-electron chi connectivity index (χ2n) is 8.03. The minimum atomic E-state index is -0.537. The second kappa shape index (κ2) is 9.18. The number of nitrogens with zero attached hydrogens (tertiary/aromatic N) is 1. The number of carbonyl (C=O) groups excluding carboxylic acids is 2. The first-order valence-corrected chi connectivity index (χ1v) is 10.9. The van der Waals surface area contributed by atoms with Crippen molar-refractivity contribution >= 4 is 23.3 Å². The molecule has 2 aliphatic heterocycles. The van der Waals surface area contributed by atoms with Crippen LogP contribution in [0.25, 0.3) is 0 Å². The Hall–Kier alpha value is -2.73. The molecular weight excluding hydrogens is 418 g/mol. The summed E-state index contributed by atoms with van der Waals surface area (Å²) in [5, 5.41) is 0.664. The van der Waals surface area contributed by atoms with E-state index in [1.807, 2.05) is 17.0 Å². The fourth-order valence-electron chi connectivity index (χ4n) is 4.15. The van der Waals surface area contributed by atoms with Crippen LogP contribution in [-0.4, -0.2) is 49.0 Å². The van der Waals surface area contributed by atoms with Gasteiger partial charge in [-0.3, -0.25) is 9.59 Å². The zero-order valence-corrected chi connectivity index (χ0v) is 18.3. The molecule has 1 saturated heterocycles. The van der Waals surface area contributed by atoms with Crippen molar-refractivity contribution in [1.29, 1.82) is 0 Å². The Bertz CT molecular complexity index is 951. The lowest BCUT2D eigenvalue weighted by atomic mass is 9.82. The van der Waals surface area contributed by atoms with E-state index in [4.69, 9.17) is 25.8 Å². The third kappa shape index (κ3) is 4.96. The number of Topliss-reactive ketones (excluding diaryl/α,β-unsaturated/α-hetero) is 1. The standard InChI is InChI=1S/C24H26ClNO5/c1-29-19-8-9-20-21(27)16-24(31-22(20)15-19)10-12-26(13-11-24)23(28)3-2-14-30-18-6-4-17(25)5-7-18/h4-9,15H,2-3,10-14,16H2,1H3. The zero-order valence-electron chi connectivity index (χ0n) is 17.6. The van der Waals surface area contributed by atoms with Gasteiger partial charge in [0.05, 0.1) is 25.7 Å². The van der Waals surface area contributed by atoms with E-state index < -0.39 is 5.60 Å². The number of methoxy groups -OCH3 is 1. The minimum Gasteiger partial charge on any atom is -0.497 e. The summed E-state index contributed by atoms with van der Waals surface area (Å²) < 4.78 is 17.2. The summed E-state index contributed by atoms with van der Waals surface area (Å²) in [6, 6.07) is 12.5. The summed E-state index contributed by atoms with van der Waals surface area (Å²) >= 11 is 5.86. The number of hydrogen-bond donors (Lipinski definition) is 0. The third-order valence-electron chi connectivity index (χ3n) is 5.94. The van der Waals surface area contributed by atoms with E-state index in [0.29, 0.717) is 73.9 Å². The van der Waals surface area contributed by atoms with Crippen molar-refractivity contribution in [1.82, 2.24) is 4.90 Å². The van der Waals surface area contributed by atoms with Crippen LogP contribution in [-0.2, 0) is 4.79 Å². The molecule has 1 fully saturated rings. The highest BCUT2D eigenvalue weighted by molar-refractivity contribution is 6.30. The number of ether oxygens (including phenoxy) is 3. The van der Waals surface area contributed by atoms with Gasteiger partial charge < -0.3 is 19.1 Å². The predicted octanol–water partition coefficient (Wildman–Crippen LogP) is 4.53. The average molecular weight is 444 g/mol. The molecule has 0 atom stereocenters. The van der Waals surface area contributed by atoms with Crippen LogP contribution in [0, 0.1) is 0 Å². The first-order chi connectivity index (χ1) is 15.0. The van der Waals surface area contributed by atoms with Crippen LogP contribution in [0.3, 0.4) is 0 Å². The highest BCUT2D eigenvalue weighted by Crippen LogP contribution is 2.40. The Balaban J connectivity index is 1.26. The van der Waals surface area contributed by atoms with E-state index in [2.05, 4.69) is 0 Å². The zero-order chi connectivity index (χ0) is 21.8. The number of fused-ring (bicyclic) bond motifs is 1. The van der Waals surface area contributed by atoms with Gasteiger partial charge in [-0.2, -0.15) is 0 Å². The number of carbonyl (C=O) groups is 2. The van der Waals surface area contributed by atoms with Gasteiger partial charge in [-0.05, 0) is 42.8 Å². The molecule has 0 bridgehead atoms. The lowest BCUT2D eigenvalue weighted by Crippen LogP contribution is -2.52. The molecule has 0 N–H and O–H groups in total. The van der Waals surface area contributed by atoms with Crippen LogP contribution < -0.4 is 14.2 Å². The first kappa shape index (κ1) is 21.5. The highest BCUT2D eigenvalue weighted by atomic mass is 35.5. The number of rotatable bonds is 6. The fraction of sp³-hybridized carbons (Fsp3) is 0.417. The molecule has 2 heterocycles. The monoisotopic (exact) mass is 443 g/mol. The highest BCUT2D eigenvalue weighted by Gasteiger charge is 2.43. The second-order valence-corrected chi connectivity index (χ2v) is 8.47. The van der Waals surface area contributed by atoms with Crippen LogP contribution >= 0.6 is 11.6 Å². The number of likely N-dealkylation sites (tertiary alicyclic amines) is 1. The van der Waals surface area contributed by atoms with E-state index in [1.165, 1.54) is 0 Å². The van der Waals surface area contributed by atoms with Gasteiger partial charge in [0.2, 0.25) is 5.91 Å². The SMILES string of the molecule is COc1ccc2c(c1)OC1(CCN(C(=O)CCCOc3ccc(Cl)cc3)CC1)CC2=O.